The highest BCUT2D eigenvalue weighted by Gasteiger charge is 2.51. The number of fused-ring (bicyclic) bond motifs is 4. The number of carbonyl (C=O) groups is 2. The van der Waals surface area contributed by atoms with Crippen LogP contribution in [0.3, 0.4) is 0 Å². The van der Waals surface area contributed by atoms with Crippen LogP contribution in [0.15, 0.2) is 41.5 Å². The third-order valence-corrected chi connectivity index (χ3v) is 13.3. The van der Waals surface area contributed by atoms with Crippen LogP contribution in [0.4, 0.5) is 37.7 Å². The van der Waals surface area contributed by atoms with Crippen LogP contribution in [0.2, 0.25) is 5.02 Å². The van der Waals surface area contributed by atoms with Crippen molar-refractivity contribution in [2.24, 2.45) is 25.9 Å². The van der Waals surface area contributed by atoms with E-state index in [4.69, 9.17) is 26.3 Å². The maximum Gasteiger partial charge on any atom is 0.301 e. The molecule has 0 spiro atoms. The number of rotatable bonds is 8. The molecule has 1 unspecified atom stereocenters. The lowest BCUT2D eigenvalue weighted by atomic mass is 9.93. The van der Waals surface area contributed by atoms with Gasteiger partial charge in [0.1, 0.15) is 10.8 Å². The number of piperazine rings is 1. The number of alkyl halides is 2. The van der Waals surface area contributed by atoms with Crippen LogP contribution in [0, 0.1) is 11.8 Å². The number of imide groups is 1. The van der Waals surface area contributed by atoms with Crippen LogP contribution in [0.1, 0.15) is 50.1 Å². The molecule has 1 aromatic carbocycles. The third-order valence-electron chi connectivity index (χ3n) is 13.0. The molecule has 0 bridgehead atoms. The van der Waals surface area contributed by atoms with E-state index in [2.05, 4.69) is 40.7 Å². The summed E-state index contributed by atoms with van der Waals surface area (Å²) in [5.74, 6) is -2.03. The second-order valence-corrected chi connectivity index (χ2v) is 17.5. The minimum absolute atomic E-state index is 0.108. The van der Waals surface area contributed by atoms with Crippen molar-refractivity contribution in [3.05, 3.63) is 57.7 Å². The van der Waals surface area contributed by atoms with Gasteiger partial charge in [0.2, 0.25) is 23.5 Å². The summed E-state index contributed by atoms with van der Waals surface area (Å²) in [6.45, 7) is 5.30. The van der Waals surface area contributed by atoms with Gasteiger partial charge in [-0.1, -0.05) is 11.6 Å². The number of piperidine rings is 2. The summed E-state index contributed by atoms with van der Waals surface area (Å²) in [6, 6.07) is 6.30. The van der Waals surface area contributed by atoms with Crippen molar-refractivity contribution in [2.45, 2.75) is 56.4 Å². The van der Waals surface area contributed by atoms with Gasteiger partial charge in [-0.05, 0) is 62.1 Å². The van der Waals surface area contributed by atoms with Gasteiger partial charge in [-0.3, -0.25) is 29.3 Å². The summed E-state index contributed by atoms with van der Waals surface area (Å²) in [5, 5.41) is 15.2. The number of aryl methyl sites for hydroxylation is 2. The van der Waals surface area contributed by atoms with Crippen LogP contribution in [-0.2, 0) is 23.7 Å². The first-order valence-corrected chi connectivity index (χ1v) is 21.4. The van der Waals surface area contributed by atoms with Gasteiger partial charge >= 0.3 is 5.92 Å². The SMILES string of the molecule is Cn1nc(C2CCC(=O)NC2=O)c2cnc(N3CCN(CC4CCN(c5ncc(Cl)c(Nc6ccc7c(c6)c6c(c(=O)n7C)OCC(F)(F)[C@H](C7CC7)N6)n5)CC4)CC3)cc21. The van der Waals surface area contributed by atoms with E-state index in [0.29, 0.717) is 70.7 Å². The van der Waals surface area contributed by atoms with E-state index < -0.39 is 30.0 Å². The Morgan fingerprint density at radius 2 is 1.70 bits per heavy atom. The number of hydrogen-bond donors (Lipinski definition) is 3. The molecule has 320 valence electrons. The van der Waals surface area contributed by atoms with E-state index in [1.54, 1.807) is 36.1 Å². The lowest BCUT2D eigenvalue weighted by Crippen LogP contribution is -2.49. The van der Waals surface area contributed by atoms with Gasteiger partial charge in [-0.15, -0.1) is 0 Å². The molecule has 3 N–H and O–H groups in total. The molecule has 5 aliphatic rings. The molecule has 3 saturated heterocycles. The van der Waals surface area contributed by atoms with E-state index in [-0.39, 0.29) is 29.2 Å². The molecular weight excluding hydrogens is 810 g/mol. The first-order chi connectivity index (χ1) is 29.4. The smallest absolute Gasteiger partial charge is 0.301 e. The molecule has 2 amide bonds. The van der Waals surface area contributed by atoms with Gasteiger partial charge in [0.15, 0.2) is 12.4 Å². The van der Waals surface area contributed by atoms with Crippen LogP contribution >= 0.6 is 11.6 Å². The number of nitrogens with one attached hydrogen (secondary N) is 3. The molecule has 5 aromatic rings. The number of anilines is 5. The van der Waals surface area contributed by atoms with Crippen LogP contribution in [0.5, 0.6) is 5.75 Å². The normalized spacial score (nSPS) is 22.4. The molecule has 10 rings (SSSR count). The summed E-state index contributed by atoms with van der Waals surface area (Å²) in [7, 11) is 3.48. The van der Waals surface area contributed by atoms with E-state index in [9.17, 15) is 14.4 Å². The van der Waals surface area contributed by atoms with Crippen molar-refractivity contribution in [1.29, 1.82) is 0 Å². The summed E-state index contributed by atoms with van der Waals surface area (Å²) < 4.78 is 39.0. The van der Waals surface area contributed by atoms with Crippen molar-refractivity contribution >= 4 is 74.2 Å². The maximum absolute atomic E-state index is 15.2. The number of nitrogens with zero attached hydrogens (tertiary/aromatic N) is 9. The van der Waals surface area contributed by atoms with Crippen molar-refractivity contribution in [1.82, 2.24) is 39.5 Å². The van der Waals surface area contributed by atoms with Gasteiger partial charge in [0.25, 0.3) is 5.56 Å². The Labute approximate surface area is 354 Å². The fraction of sp³-hybridized carbons (Fsp3) is 0.500. The number of halogens is 3. The molecule has 4 fully saturated rings. The number of benzene rings is 1. The molecule has 0 radical (unpaired) electrons. The molecule has 2 atom stereocenters. The van der Waals surface area contributed by atoms with Crippen LogP contribution in [0.25, 0.3) is 21.8 Å². The highest BCUT2D eigenvalue weighted by atomic mass is 35.5. The van der Waals surface area contributed by atoms with Crippen molar-refractivity contribution < 1.29 is 23.1 Å². The first kappa shape index (κ1) is 39.5. The minimum Gasteiger partial charge on any atom is -0.480 e. The molecule has 8 heterocycles. The van der Waals surface area contributed by atoms with E-state index >= 15 is 8.78 Å². The molecule has 16 nitrogen and oxygen atoms in total. The highest BCUT2D eigenvalue weighted by molar-refractivity contribution is 6.33. The zero-order valence-electron chi connectivity index (χ0n) is 34.0. The second kappa shape index (κ2) is 15.4. The average molecular weight is 857 g/mol. The fourth-order valence-corrected chi connectivity index (χ4v) is 9.55. The number of aromatic nitrogens is 6. The molecular formula is C42H47ClF2N12O4. The predicted molar refractivity (Wildman–Crippen MR) is 227 cm³/mol. The standard InChI is InChI=1S/C42H47ClF2N12O4/c1-53-30-7-5-25(17-27(30)35-36(40(53)60)61-22-42(44,45)37(50-35)24-3-4-24)48-38-29(43)20-47-41(51-38)57-11-9-23(10-12-57)21-55-13-15-56(16-14-55)32-18-31-28(19-46-32)34(52-54(31)2)26-6-8-33(58)49-39(26)59/h5,7,17-20,23-24,26,37,50H,3-4,6,8-16,21-22H2,1-2H3,(H,47,48,51)(H,49,58,59)/t26?,37-/m0/s1. The van der Waals surface area contributed by atoms with Gasteiger partial charge in [0, 0.05) is 95.1 Å². The lowest BCUT2D eigenvalue weighted by Gasteiger charge is -2.39. The Kier molecular flexibility index (Phi) is 9.96. The minimum atomic E-state index is -3.13. The van der Waals surface area contributed by atoms with E-state index in [1.165, 1.54) is 4.57 Å². The van der Waals surface area contributed by atoms with E-state index in [1.807, 2.05) is 19.3 Å². The topological polar surface area (TPSA) is 168 Å². The molecule has 4 aromatic heterocycles. The Morgan fingerprint density at radius 3 is 2.46 bits per heavy atom. The summed E-state index contributed by atoms with van der Waals surface area (Å²) in [4.78, 5) is 58.7. The predicted octanol–water partition coefficient (Wildman–Crippen LogP) is 4.78. The fourth-order valence-electron chi connectivity index (χ4n) is 9.41. The highest BCUT2D eigenvalue weighted by Crippen LogP contribution is 2.46. The first-order valence-electron chi connectivity index (χ1n) is 21.0. The number of amides is 2. The Hall–Kier alpha value is -5.62. The summed E-state index contributed by atoms with van der Waals surface area (Å²) in [6.07, 6.45) is 7.53. The summed E-state index contributed by atoms with van der Waals surface area (Å²) in [5.41, 5.74) is 2.57. The van der Waals surface area contributed by atoms with Gasteiger partial charge < -0.3 is 29.7 Å². The van der Waals surface area contributed by atoms with Crippen LogP contribution in [-0.4, -0.2) is 110 Å². The number of ether oxygens (including phenoxy) is 1. The number of pyridine rings is 2. The molecule has 1 saturated carbocycles. The van der Waals surface area contributed by atoms with Gasteiger partial charge in [-0.25, -0.2) is 18.7 Å². The number of hydrogen-bond acceptors (Lipinski definition) is 13. The van der Waals surface area contributed by atoms with Gasteiger partial charge in [-0.2, -0.15) is 10.1 Å². The maximum atomic E-state index is 15.2. The molecule has 61 heavy (non-hydrogen) atoms. The summed E-state index contributed by atoms with van der Waals surface area (Å²) >= 11 is 6.62. The van der Waals surface area contributed by atoms with Crippen molar-refractivity contribution in [3.63, 3.8) is 0 Å². The third kappa shape index (κ3) is 7.46. The monoisotopic (exact) mass is 856 g/mol. The Morgan fingerprint density at radius 1 is 0.918 bits per heavy atom. The zero-order valence-corrected chi connectivity index (χ0v) is 34.7. The second-order valence-electron chi connectivity index (χ2n) is 17.1. The largest absolute Gasteiger partial charge is 0.480 e. The molecule has 1 aliphatic carbocycles. The zero-order chi connectivity index (χ0) is 42.2. The Balaban J connectivity index is 0.763. The van der Waals surface area contributed by atoms with Crippen molar-refractivity contribution in [2.75, 3.05) is 72.9 Å². The quantitative estimate of drug-likeness (QED) is 0.183. The van der Waals surface area contributed by atoms with Gasteiger partial charge in [0.05, 0.1) is 40.6 Å². The van der Waals surface area contributed by atoms with E-state index in [0.717, 1.165) is 75.4 Å². The lowest BCUT2D eigenvalue weighted by molar-refractivity contribution is -0.134. The number of carbonyl (C=O) groups excluding carboxylic acids is 2. The molecule has 19 heteroatoms. The average Bonchev–Trinajstić information content (AvgIpc) is 4.06. The Bertz CT molecular complexity index is 2620. The van der Waals surface area contributed by atoms with Crippen LogP contribution < -0.4 is 36.0 Å². The van der Waals surface area contributed by atoms with Crippen molar-refractivity contribution in [3.8, 4) is 5.75 Å². The molecule has 4 aliphatic heterocycles.